The normalized spacial score (nSPS) is 27.9. The van der Waals surface area contributed by atoms with E-state index in [1.165, 1.54) is 6.92 Å². The molecule has 12 heavy (non-hydrogen) atoms. The van der Waals surface area contributed by atoms with Gasteiger partial charge in [-0.15, -0.1) is 0 Å². The van der Waals surface area contributed by atoms with Crippen LogP contribution in [0.5, 0.6) is 0 Å². The van der Waals surface area contributed by atoms with E-state index in [1.807, 2.05) is 13.8 Å². The van der Waals surface area contributed by atoms with Gasteiger partial charge in [-0.3, -0.25) is 4.79 Å². The highest BCUT2D eigenvalue weighted by Crippen LogP contribution is 2.19. The number of carbonyl (C=O) groups is 1. The zero-order valence-corrected chi connectivity index (χ0v) is 8.30. The topological polar surface area (TPSA) is 20.3 Å². The summed E-state index contributed by atoms with van der Waals surface area (Å²) in [6.45, 7) is 7.81. The molecule has 1 aliphatic rings. The maximum Gasteiger partial charge on any atom is 0.219 e. The first-order chi connectivity index (χ1) is 5.63. The summed E-state index contributed by atoms with van der Waals surface area (Å²) in [4.78, 5) is 12.3. The lowest BCUT2D eigenvalue weighted by atomic mass is 10.2. The van der Waals surface area contributed by atoms with E-state index < -0.39 is 6.17 Å². The molecule has 72 valence electrons. The maximum atomic E-state index is 12.7. The molecule has 1 aliphatic heterocycles. The fraction of sp³-hybridized carbons (Fsp3) is 0.889. The molecule has 0 radical (unpaired) electrons. The van der Waals surface area contributed by atoms with Crippen molar-refractivity contribution in [2.75, 3.05) is 6.54 Å². The molecular formula is C9H18FNO. The molecule has 1 heterocycles. The summed E-state index contributed by atoms with van der Waals surface area (Å²) in [5.74, 6) is -0.0207. The number of likely N-dealkylation sites (tertiary alicyclic amines) is 1. The highest BCUT2D eigenvalue weighted by Gasteiger charge is 2.31. The van der Waals surface area contributed by atoms with Crippen LogP contribution in [0.1, 0.15) is 34.1 Å². The number of nitrogens with zero attached hydrogens (tertiary/aromatic N) is 1. The minimum absolute atomic E-state index is 0.0207. The van der Waals surface area contributed by atoms with Crippen LogP contribution in [-0.2, 0) is 4.79 Å². The van der Waals surface area contributed by atoms with Crippen LogP contribution in [0.4, 0.5) is 4.39 Å². The highest BCUT2D eigenvalue weighted by atomic mass is 19.1. The second kappa shape index (κ2) is 5.12. The molecule has 0 N–H and O–H groups in total. The van der Waals surface area contributed by atoms with Gasteiger partial charge in [-0.05, 0) is 13.3 Å². The molecule has 0 aromatic carbocycles. The Kier molecular flexibility index (Phi) is 4.86. The fourth-order valence-electron chi connectivity index (χ4n) is 1.35. The van der Waals surface area contributed by atoms with Crippen molar-refractivity contribution in [1.82, 2.24) is 4.90 Å². The Hall–Kier alpha value is -0.600. The zero-order valence-electron chi connectivity index (χ0n) is 8.30. The monoisotopic (exact) mass is 175 g/mol. The van der Waals surface area contributed by atoms with E-state index in [0.717, 1.165) is 0 Å². The fourth-order valence-corrected chi connectivity index (χ4v) is 1.35. The molecule has 1 rings (SSSR count). The molecule has 0 aliphatic carbocycles. The van der Waals surface area contributed by atoms with E-state index >= 15 is 0 Å². The summed E-state index contributed by atoms with van der Waals surface area (Å²) in [6.07, 6.45) is -0.315. The summed E-state index contributed by atoms with van der Waals surface area (Å²) in [7, 11) is 0. The van der Waals surface area contributed by atoms with Gasteiger partial charge in [0.25, 0.3) is 0 Å². The molecular weight excluding hydrogens is 157 g/mol. The number of rotatable bonds is 0. The van der Waals surface area contributed by atoms with E-state index in [2.05, 4.69) is 0 Å². The second-order valence-corrected chi connectivity index (χ2v) is 2.76. The molecule has 0 aromatic rings. The van der Waals surface area contributed by atoms with Crippen LogP contribution in [0.3, 0.4) is 0 Å². The molecule has 0 bridgehead atoms. The molecule has 0 unspecified atom stereocenters. The van der Waals surface area contributed by atoms with Crippen LogP contribution >= 0.6 is 0 Å². The van der Waals surface area contributed by atoms with Crippen molar-refractivity contribution >= 4 is 5.91 Å². The number of amides is 1. The van der Waals surface area contributed by atoms with Crippen LogP contribution < -0.4 is 0 Å². The summed E-state index contributed by atoms with van der Waals surface area (Å²) >= 11 is 0. The zero-order chi connectivity index (χ0) is 9.72. The largest absolute Gasteiger partial charge is 0.337 e. The van der Waals surface area contributed by atoms with Gasteiger partial charge >= 0.3 is 0 Å². The minimum atomic E-state index is -0.816. The molecule has 0 spiro atoms. The third-order valence-corrected chi connectivity index (χ3v) is 2.07. The lowest BCUT2D eigenvalue weighted by molar-refractivity contribution is -0.129. The summed E-state index contributed by atoms with van der Waals surface area (Å²) in [5, 5.41) is 0. The standard InChI is InChI=1S/C7H12FNO.C2H6/c1-5-7(8)3-4-9(5)6(2)10;1-2/h5,7H,3-4H2,1-2H3;1-2H3/t5-,7-;/m0./s1. The van der Waals surface area contributed by atoms with Crippen molar-refractivity contribution in [3.8, 4) is 0 Å². The lowest BCUT2D eigenvalue weighted by Crippen LogP contribution is -2.34. The maximum absolute atomic E-state index is 12.7. The lowest BCUT2D eigenvalue weighted by Gasteiger charge is -2.19. The highest BCUT2D eigenvalue weighted by molar-refractivity contribution is 5.73. The molecule has 3 heteroatoms. The smallest absolute Gasteiger partial charge is 0.219 e. The van der Waals surface area contributed by atoms with E-state index in [-0.39, 0.29) is 11.9 Å². The van der Waals surface area contributed by atoms with Crippen LogP contribution in [0.15, 0.2) is 0 Å². The number of halogens is 1. The Balaban J connectivity index is 0.000000561. The summed E-state index contributed by atoms with van der Waals surface area (Å²) < 4.78 is 12.7. The van der Waals surface area contributed by atoms with Gasteiger partial charge in [0, 0.05) is 13.5 Å². The minimum Gasteiger partial charge on any atom is -0.337 e. The predicted octanol–water partition coefficient (Wildman–Crippen LogP) is 1.99. The Morgan fingerprint density at radius 2 is 2.00 bits per heavy atom. The van der Waals surface area contributed by atoms with E-state index in [1.54, 1.807) is 11.8 Å². The molecule has 1 fully saturated rings. The first-order valence-electron chi connectivity index (χ1n) is 4.54. The average molecular weight is 175 g/mol. The van der Waals surface area contributed by atoms with Crippen molar-refractivity contribution in [3.05, 3.63) is 0 Å². The SMILES string of the molecule is CC.CC(=O)N1CC[C@H](F)[C@@H]1C. The third-order valence-electron chi connectivity index (χ3n) is 2.07. The Bertz CT molecular complexity index is 149. The third kappa shape index (κ3) is 2.47. The average Bonchev–Trinajstić information content (AvgIpc) is 2.37. The number of carbonyl (C=O) groups excluding carboxylic acids is 1. The van der Waals surface area contributed by atoms with Crippen molar-refractivity contribution < 1.29 is 9.18 Å². The molecule has 2 atom stereocenters. The Morgan fingerprint density at radius 3 is 2.17 bits per heavy atom. The van der Waals surface area contributed by atoms with E-state index in [9.17, 15) is 9.18 Å². The second-order valence-electron chi connectivity index (χ2n) is 2.76. The number of hydrogen-bond acceptors (Lipinski definition) is 1. The van der Waals surface area contributed by atoms with Crippen LogP contribution in [-0.4, -0.2) is 29.6 Å². The van der Waals surface area contributed by atoms with Crippen molar-refractivity contribution in [3.63, 3.8) is 0 Å². The van der Waals surface area contributed by atoms with Gasteiger partial charge in [-0.1, -0.05) is 13.8 Å². The number of hydrogen-bond donors (Lipinski definition) is 0. The van der Waals surface area contributed by atoms with Crippen molar-refractivity contribution in [2.45, 2.75) is 46.3 Å². The molecule has 2 nitrogen and oxygen atoms in total. The van der Waals surface area contributed by atoms with Gasteiger partial charge in [0.2, 0.25) is 5.91 Å². The van der Waals surface area contributed by atoms with Crippen molar-refractivity contribution in [1.29, 1.82) is 0 Å². The Morgan fingerprint density at radius 1 is 1.50 bits per heavy atom. The number of alkyl halides is 1. The van der Waals surface area contributed by atoms with Crippen LogP contribution in [0.2, 0.25) is 0 Å². The molecule has 0 aromatic heterocycles. The summed E-state index contributed by atoms with van der Waals surface area (Å²) in [5.41, 5.74) is 0. The van der Waals surface area contributed by atoms with Gasteiger partial charge in [-0.2, -0.15) is 0 Å². The Labute approximate surface area is 73.7 Å². The molecule has 0 saturated carbocycles. The molecule has 1 saturated heterocycles. The molecule has 1 amide bonds. The van der Waals surface area contributed by atoms with Gasteiger partial charge in [-0.25, -0.2) is 4.39 Å². The quantitative estimate of drug-likeness (QED) is 0.551. The first kappa shape index (κ1) is 11.4. The van der Waals surface area contributed by atoms with Gasteiger partial charge in [0.15, 0.2) is 0 Å². The van der Waals surface area contributed by atoms with E-state index in [4.69, 9.17) is 0 Å². The summed E-state index contributed by atoms with van der Waals surface area (Å²) in [6, 6.07) is -0.211. The van der Waals surface area contributed by atoms with Crippen LogP contribution in [0.25, 0.3) is 0 Å². The van der Waals surface area contributed by atoms with Gasteiger partial charge in [0.1, 0.15) is 6.17 Å². The van der Waals surface area contributed by atoms with Crippen LogP contribution in [0, 0.1) is 0 Å². The predicted molar refractivity (Wildman–Crippen MR) is 47.7 cm³/mol. The van der Waals surface area contributed by atoms with Gasteiger partial charge in [0.05, 0.1) is 6.04 Å². The van der Waals surface area contributed by atoms with E-state index in [0.29, 0.717) is 13.0 Å². The van der Waals surface area contributed by atoms with Crippen molar-refractivity contribution in [2.24, 2.45) is 0 Å². The first-order valence-corrected chi connectivity index (χ1v) is 4.54. The van der Waals surface area contributed by atoms with Gasteiger partial charge < -0.3 is 4.90 Å².